The normalized spacial score (nSPS) is 17.8. The number of fused-ring (bicyclic) bond motifs is 1. The Morgan fingerprint density at radius 3 is 2.71 bits per heavy atom. The first-order chi connectivity index (χ1) is 14.9. The number of rotatable bonds is 8. The van der Waals surface area contributed by atoms with E-state index in [4.69, 9.17) is 4.18 Å². The minimum atomic E-state index is -1.11. The molecule has 6 nitrogen and oxygen atoms in total. The second kappa shape index (κ2) is 9.68. The topological polar surface area (TPSA) is 71.8 Å². The van der Waals surface area contributed by atoms with Crippen LogP contribution in [0.1, 0.15) is 17.9 Å². The fourth-order valence-corrected chi connectivity index (χ4v) is 5.80. The number of carboxylic acids is 1. The van der Waals surface area contributed by atoms with Crippen LogP contribution >= 0.6 is 24.0 Å². The zero-order valence-electron chi connectivity index (χ0n) is 17.3. The first-order valence-corrected chi connectivity index (χ1v) is 13.3. The van der Waals surface area contributed by atoms with Crippen LogP contribution in [0, 0.1) is 0 Å². The molecule has 164 valence electrons. The highest BCUT2D eigenvalue weighted by Crippen LogP contribution is 2.38. The van der Waals surface area contributed by atoms with Crippen LogP contribution in [0.4, 0.5) is 0 Å². The van der Waals surface area contributed by atoms with Crippen LogP contribution in [-0.4, -0.2) is 49.8 Å². The van der Waals surface area contributed by atoms with Crippen LogP contribution < -0.4 is 4.18 Å². The SMILES string of the molecule is CSOc1ccc(SN2CCC(c3cn(CC(=O)O)c4cc(S(C)=O)ccc34)C2)cc1. The summed E-state index contributed by atoms with van der Waals surface area (Å²) in [6.45, 7) is 1.74. The predicted molar refractivity (Wildman–Crippen MR) is 127 cm³/mol. The van der Waals surface area contributed by atoms with Crippen molar-refractivity contribution in [3.05, 3.63) is 54.2 Å². The van der Waals surface area contributed by atoms with Crippen molar-refractivity contribution < 1.29 is 18.3 Å². The molecule has 31 heavy (non-hydrogen) atoms. The van der Waals surface area contributed by atoms with Gasteiger partial charge in [0.2, 0.25) is 0 Å². The Labute approximate surface area is 192 Å². The van der Waals surface area contributed by atoms with Crippen molar-refractivity contribution in [3.63, 3.8) is 0 Å². The smallest absolute Gasteiger partial charge is 0.323 e. The van der Waals surface area contributed by atoms with Crippen LogP contribution in [0.15, 0.2) is 58.5 Å². The van der Waals surface area contributed by atoms with Crippen molar-refractivity contribution in [2.24, 2.45) is 0 Å². The lowest BCUT2D eigenvalue weighted by Gasteiger charge is -2.15. The van der Waals surface area contributed by atoms with Crippen molar-refractivity contribution in [1.29, 1.82) is 0 Å². The molecule has 1 aromatic heterocycles. The lowest BCUT2D eigenvalue weighted by Crippen LogP contribution is -2.11. The molecule has 0 spiro atoms. The van der Waals surface area contributed by atoms with Gasteiger partial charge >= 0.3 is 5.97 Å². The van der Waals surface area contributed by atoms with Crippen molar-refractivity contribution >= 4 is 51.7 Å². The molecular weight excluding hydrogens is 452 g/mol. The van der Waals surface area contributed by atoms with Crippen molar-refractivity contribution in [2.75, 3.05) is 25.6 Å². The maximum atomic E-state index is 11.9. The highest BCUT2D eigenvalue weighted by molar-refractivity contribution is 7.97. The van der Waals surface area contributed by atoms with E-state index in [2.05, 4.69) is 16.4 Å². The van der Waals surface area contributed by atoms with E-state index in [1.807, 2.05) is 42.8 Å². The molecule has 2 heterocycles. The van der Waals surface area contributed by atoms with Gasteiger partial charge in [-0.2, -0.15) is 0 Å². The van der Waals surface area contributed by atoms with E-state index in [0.29, 0.717) is 10.8 Å². The quantitative estimate of drug-likeness (QED) is 0.376. The lowest BCUT2D eigenvalue weighted by molar-refractivity contribution is -0.137. The van der Waals surface area contributed by atoms with E-state index in [1.165, 1.54) is 12.0 Å². The molecule has 2 unspecified atom stereocenters. The van der Waals surface area contributed by atoms with Crippen LogP contribution in [0.3, 0.4) is 0 Å². The molecule has 3 aromatic rings. The Hall–Kier alpha value is -1.94. The molecular formula is C22H24N2O4S3. The number of carbonyl (C=O) groups is 1. The van der Waals surface area contributed by atoms with Crippen molar-refractivity contribution in [1.82, 2.24) is 8.87 Å². The highest BCUT2D eigenvalue weighted by atomic mass is 32.2. The molecule has 2 atom stereocenters. The summed E-state index contributed by atoms with van der Waals surface area (Å²) in [6, 6.07) is 13.8. The van der Waals surface area contributed by atoms with Gasteiger partial charge in [-0.1, -0.05) is 6.07 Å². The number of hydrogen-bond donors (Lipinski definition) is 1. The summed E-state index contributed by atoms with van der Waals surface area (Å²) in [5, 5.41) is 10.4. The summed E-state index contributed by atoms with van der Waals surface area (Å²) in [6.07, 6.45) is 6.50. The minimum Gasteiger partial charge on any atom is -0.480 e. The van der Waals surface area contributed by atoms with Gasteiger partial charge in [-0.3, -0.25) is 9.00 Å². The van der Waals surface area contributed by atoms with Gasteiger partial charge in [0, 0.05) is 63.7 Å². The molecule has 1 aliphatic rings. The fraction of sp³-hybridized carbons (Fsp3) is 0.318. The molecule has 1 N–H and O–H groups in total. The molecule has 0 bridgehead atoms. The third-order valence-corrected chi connectivity index (χ3v) is 7.70. The van der Waals surface area contributed by atoms with Crippen molar-refractivity contribution in [3.8, 4) is 5.75 Å². The van der Waals surface area contributed by atoms with E-state index in [9.17, 15) is 14.1 Å². The van der Waals surface area contributed by atoms with E-state index < -0.39 is 16.8 Å². The Morgan fingerprint density at radius 1 is 1.26 bits per heavy atom. The van der Waals surface area contributed by atoms with Crippen LogP contribution in [0.2, 0.25) is 0 Å². The first-order valence-electron chi connectivity index (χ1n) is 9.86. The van der Waals surface area contributed by atoms with Gasteiger partial charge in [0.05, 0.1) is 17.6 Å². The molecule has 1 fully saturated rings. The number of aromatic nitrogens is 1. The van der Waals surface area contributed by atoms with Crippen LogP contribution in [0.5, 0.6) is 5.75 Å². The number of benzene rings is 2. The Bertz CT molecular complexity index is 1110. The molecule has 0 amide bonds. The van der Waals surface area contributed by atoms with Gasteiger partial charge in [0.15, 0.2) is 0 Å². The fourth-order valence-electron chi connectivity index (χ4n) is 3.95. The molecule has 1 aliphatic heterocycles. The highest BCUT2D eigenvalue weighted by Gasteiger charge is 2.28. The monoisotopic (exact) mass is 476 g/mol. The third-order valence-electron chi connectivity index (χ3n) is 5.35. The Kier molecular flexibility index (Phi) is 6.95. The summed E-state index contributed by atoms with van der Waals surface area (Å²) < 4.78 is 21.5. The summed E-state index contributed by atoms with van der Waals surface area (Å²) in [5.74, 6) is 0.279. The van der Waals surface area contributed by atoms with Gasteiger partial charge in [0.1, 0.15) is 12.3 Å². The van der Waals surface area contributed by atoms with E-state index in [0.717, 1.165) is 46.6 Å². The summed E-state index contributed by atoms with van der Waals surface area (Å²) >= 11 is 3.06. The molecule has 0 radical (unpaired) electrons. The summed E-state index contributed by atoms with van der Waals surface area (Å²) in [4.78, 5) is 13.3. The van der Waals surface area contributed by atoms with Gasteiger partial charge in [-0.15, -0.1) is 0 Å². The molecule has 0 saturated carbocycles. The lowest BCUT2D eigenvalue weighted by atomic mass is 9.98. The molecule has 1 saturated heterocycles. The number of nitrogens with zero attached hydrogens (tertiary/aromatic N) is 2. The van der Waals surface area contributed by atoms with Gasteiger partial charge in [-0.25, -0.2) is 4.31 Å². The van der Waals surface area contributed by atoms with Crippen LogP contribution in [0.25, 0.3) is 10.9 Å². The maximum Gasteiger partial charge on any atom is 0.323 e. The standard InChI is InChI=1S/C22H24N2O4S3/c1-29-28-16-3-5-17(6-4-16)30-24-10-9-15(12-24)20-13-23(14-22(25)26)21-11-18(31(2)27)7-8-19(20)21/h3-8,11,13,15H,9-10,12,14H2,1-2H3,(H,25,26). The number of carboxylic acid groups (broad SMARTS) is 1. The number of hydrogen-bond acceptors (Lipinski definition) is 6. The second-order valence-electron chi connectivity index (χ2n) is 7.43. The van der Waals surface area contributed by atoms with E-state index in [1.54, 1.807) is 22.8 Å². The zero-order valence-corrected chi connectivity index (χ0v) is 19.8. The maximum absolute atomic E-state index is 11.9. The largest absolute Gasteiger partial charge is 0.480 e. The van der Waals surface area contributed by atoms with Gasteiger partial charge < -0.3 is 13.9 Å². The van der Waals surface area contributed by atoms with Crippen molar-refractivity contribution in [2.45, 2.75) is 28.7 Å². The second-order valence-corrected chi connectivity index (χ2v) is 10.5. The van der Waals surface area contributed by atoms with Crippen LogP contribution in [-0.2, 0) is 22.1 Å². The Balaban J connectivity index is 1.54. The minimum absolute atomic E-state index is 0.105. The van der Waals surface area contributed by atoms with E-state index >= 15 is 0 Å². The molecule has 0 aliphatic carbocycles. The molecule has 4 rings (SSSR count). The van der Waals surface area contributed by atoms with E-state index in [-0.39, 0.29) is 6.54 Å². The summed E-state index contributed by atoms with van der Waals surface area (Å²) in [7, 11) is -1.11. The molecule has 2 aromatic carbocycles. The number of aliphatic carboxylic acids is 1. The Morgan fingerprint density at radius 2 is 2.03 bits per heavy atom. The summed E-state index contributed by atoms with van der Waals surface area (Å²) in [5.41, 5.74) is 2.00. The average molecular weight is 477 g/mol. The third kappa shape index (κ3) is 5.11. The molecule has 9 heteroatoms. The van der Waals surface area contributed by atoms with Gasteiger partial charge in [-0.05, 0) is 60.3 Å². The predicted octanol–water partition coefficient (Wildman–Crippen LogP) is 4.62. The average Bonchev–Trinajstić information content (AvgIpc) is 3.33. The zero-order chi connectivity index (χ0) is 22.0. The first kappa shape index (κ1) is 22.3. The van der Waals surface area contributed by atoms with Gasteiger partial charge in [0.25, 0.3) is 0 Å².